The second-order valence-electron chi connectivity index (χ2n) is 9.25. The predicted molar refractivity (Wildman–Crippen MR) is 128 cm³/mol. The fourth-order valence-electron chi connectivity index (χ4n) is 5.25. The molecule has 33 heavy (non-hydrogen) atoms. The summed E-state index contributed by atoms with van der Waals surface area (Å²) in [7, 11) is 0. The summed E-state index contributed by atoms with van der Waals surface area (Å²) in [4.78, 5) is 29.2. The molecule has 2 aromatic carbocycles. The van der Waals surface area contributed by atoms with Crippen LogP contribution >= 0.6 is 0 Å². The summed E-state index contributed by atoms with van der Waals surface area (Å²) in [5.74, 6) is 0.659. The van der Waals surface area contributed by atoms with Gasteiger partial charge in [-0.15, -0.1) is 0 Å². The predicted octanol–water partition coefficient (Wildman–Crippen LogP) is 4.11. The number of hydrogen-bond donors (Lipinski definition) is 1. The molecule has 170 valence electrons. The molecule has 6 nitrogen and oxygen atoms in total. The zero-order chi connectivity index (χ0) is 22.8. The third-order valence-electron chi connectivity index (χ3n) is 7.17. The van der Waals surface area contributed by atoms with Crippen molar-refractivity contribution in [3.05, 3.63) is 77.6 Å². The highest BCUT2D eigenvalue weighted by atomic mass is 16.2. The first-order chi connectivity index (χ1) is 16.1. The normalized spacial score (nSPS) is 19.3. The minimum absolute atomic E-state index is 0.0549. The number of nitrogens with one attached hydrogen (secondary N) is 1. The van der Waals surface area contributed by atoms with Crippen LogP contribution < -0.4 is 0 Å². The topological polar surface area (TPSA) is 69.3 Å². The third kappa shape index (κ3) is 4.42. The van der Waals surface area contributed by atoms with Gasteiger partial charge in [0.15, 0.2) is 0 Å². The standard InChI is InChI=1S/C27H30N4O2/c1-19-7-5-6-10-23(19)24-16-28-29-27(24)21-11-13-30(14-12-21)26(33)18-31-17-22(15-25(31)32)20-8-3-2-4-9-20/h2-10,16,21-22H,11-15,17-18H2,1H3,(H,28,29). The molecule has 6 heteroatoms. The Kier molecular flexibility index (Phi) is 5.99. The van der Waals surface area contributed by atoms with Gasteiger partial charge in [0.2, 0.25) is 11.8 Å². The molecule has 1 unspecified atom stereocenters. The molecular weight excluding hydrogens is 412 g/mol. The quantitative estimate of drug-likeness (QED) is 0.647. The molecule has 5 rings (SSSR count). The Balaban J connectivity index is 1.19. The lowest BCUT2D eigenvalue weighted by atomic mass is 9.88. The fourth-order valence-corrected chi connectivity index (χ4v) is 5.25. The van der Waals surface area contributed by atoms with E-state index in [1.807, 2.05) is 29.3 Å². The second kappa shape index (κ2) is 9.22. The number of piperidine rings is 1. The number of benzene rings is 2. The van der Waals surface area contributed by atoms with Gasteiger partial charge in [-0.25, -0.2) is 0 Å². The Morgan fingerprint density at radius 2 is 1.73 bits per heavy atom. The van der Waals surface area contributed by atoms with Crippen molar-refractivity contribution in [1.29, 1.82) is 0 Å². The van der Waals surface area contributed by atoms with Crippen molar-refractivity contribution >= 4 is 11.8 Å². The number of carbonyl (C=O) groups excluding carboxylic acids is 2. The highest BCUT2D eigenvalue weighted by Crippen LogP contribution is 2.35. The van der Waals surface area contributed by atoms with Gasteiger partial charge in [-0.05, 0) is 36.5 Å². The lowest BCUT2D eigenvalue weighted by Crippen LogP contribution is -2.44. The van der Waals surface area contributed by atoms with E-state index in [4.69, 9.17) is 0 Å². The van der Waals surface area contributed by atoms with E-state index in [0.717, 1.165) is 24.1 Å². The molecule has 0 aliphatic carbocycles. The van der Waals surface area contributed by atoms with Crippen molar-refractivity contribution in [2.45, 2.75) is 38.0 Å². The Morgan fingerprint density at radius 1 is 1.00 bits per heavy atom. The highest BCUT2D eigenvalue weighted by Gasteiger charge is 2.34. The van der Waals surface area contributed by atoms with Crippen LogP contribution in [0.5, 0.6) is 0 Å². The van der Waals surface area contributed by atoms with E-state index in [9.17, 15) is 9.59 Å². The van der Waals surface area contributed by atoms with Crippen molar-refractivity contribution in [2.75, 3.05) is 26.2 Å². The van der Waals surface area contributed by atoms with E-state index in [0.29, 0.717) is 32.0 Å². The first-order valence-corrected chi connectivity index (χ1v) is 11.8. The van der Waals surface area contributed by atoms with E-state index in [1.165, 1.54) is 16.7 Å². The van der Waals surface area contributed by atoms with Crippen LogP contribution in [-0.2, 0) is 9.59 Å². The zero-order valence-electron chi connectivity index (χ0n) is 19.0. The molecule has 0 spiro atoms. The molecule has 1 N–H and O–H groups in total. The summed E-state index contributed by atoms with van der Waals surface area (Å²) in [6.45, 7) is 4.35. The summed E-state index contributed by atoms with van der Waals surface area (Å²) in [6, 6.07) is 18.5. The molecule has 2 saturated heterocycles. The van der Waals surface area contributed by atoms with Gasteiger partial charge in [-0.2, -0.15) is 5.10 Å². The molecule has 1 atom stereocenters. The maximum absolute atomic E-state index is 13.0. The number of aromatic nitrogens is 2. The van der Waals surface area contributed by atoms with Gasteiger partial charge in [-0.1, -0.05) is 54.6 Å². The van der Waals surface area contributed by atoms with E-state index in [1.54, 1.807) is 4.90 Å². The molecule has 0 radical (unpaired) electrons. The van der Waals surface area contributed by atoms with Gasteiger partial charge in [0.05, 0.1) is 12.7 Å². The van der Waals surface area contributed by atoms with Crippen molar-refractivity contribution in [3.8, 4) is 11.1 Å². The van der Waals surface area contributed by atoms with Crippen LogP contribution in [0.15, 0.2) is 60.8 Å². The van der Waals surface area contributed by atoms with Crippen LogP contribution in [0.3, 0.4) is 0 Å². The highest BCUT2D eigenvalue weighted by molar-refractivity contribution is 5.86. The second-order valence-corrected chi connectivity index (χ2v) is 9.25. The fraction of sp³-hybridized carbons (Fsp3) is 0.370. The summed E-state index contributed by atoms with van der Waals surface area (Å²) < 4.78 is 0. The third-order valence-corrected chi connectivity index (χ3v) is 7.17. The molecule has 0 bridgehead atoms. The smallest absolute Gasteiger partial charge is 0.242 e. The summed E-state index contributed by atoms with van der Waals surface area (Å²) in [6.07, 6.45) is 4.19. The molecule has 2 amide bonds. The van der Waals surface area contributed by atoms with E-state index in [-0.39, 0.29) is 24.3 Å². The summed E-state index contributed by atoms with van der Waals surface area (Å²) >= 11 is 0. The van der Waals surface area contributed by atoms with Crippen LogP contribution in [0.2, 0.25) is 0 Å². The van der Waals surface area contributed by atoms with E-state index >= 15 is 0 Å². The number of likely N-dealkylation sites (tertiary alicyclic amines) is 2. The number of hydrogen-bond acceptors (Lipinski definition) is 3. The van der Waals surface area contributed by atoms with Gasteiger partial charge in [0.1, 0.15) is 0 Å². The van der Waals surface area contributed by atoms with Crippen LogP contribution in [-0.4, -0.2) is 58.0 Å². The summed E-state index contributed by atoms with van der Waals surface area (Å²) in [5.41, 5.74) is 5.94. The number of H-pyrrole nitrogens is 1. The van der Waals surface area contributed by atoms with Crippen LogP contribution in [0, 0.1) is 6.92 Å². The first-order valence-electron chi connectivity index (χ1n) is 11.8. The lowest BCUT2D eigenvalue weighted by Gasteiger charge is -2.33. The van der Waals surface area contributed by atoms with Gasteiger partial charge in [0, 0.05) is 49.1 Å². The molecule has 3 aromatic rings. The van der Waals surface area contributed by atoms with Crippen molar-refractivity contribution in [3.63, 3.8) is 0 Å². The van der Waals surface area contributed by atoms with Crippen molar-refractivity contribution in [1.82, 2.24) is 20.0 Å². The summed E-state index contributed by atoms with van der Waals surface area (Å²) in [5, 5.41) is 7.55. The molecule has 0 saturated carbocycles. The number of amides is 2. The molecule has 2 aliphatic heterocycles. The number of rotatable bonds is 5. The first kappa shape index (κ1) is 21.4. The van der Waals surface area contributed by atoms with Crippen LogP contribution in [0.25, 0.3) is 11.1 Å². The van der Waals surface area contributed by atoms with E-state index < -0.39 is 0 Å². The maximum Gasteiger partial charge on any atom is 0.242 e. The lowest BCUT2D eigenvalue weighted by molar-refractivity contribution is -0.139. The number of aromatic amines is 1. The van der Waals surface area contributed by atoms with Gasteiger partial charge >= 0.3 is 0 Å². The number of carbonyl (C=O) groups is 2. The minimum atomic E-state index is 0.0549. The largest absolute Gasteiger partial charge is 0.341 e. The van der Waals surface area contributed by atoms with Gasteiger partial charge in [0.25, 0.3) is 0 Å². The number of nitrogens with zero attached hydrogens (tertiary/aromatic N) is 3. The Labute approximate surface area is 194 Å². The average molecular weight is 443 g/mol. The minimum Gasteiger partial charge on any atom is -0.341 e. The molecule has 3 heterocycles. The SMILES string of the molecule is Cc1ccccc1-c1cn[nH]c1C1CCN(C(=O)CN2CC(c3ccccc3)CC2=O)CC1. The molecule has 1 aromatic heterocycles. The molecule has 2 aliphatic rings. The van der Waals surface area contributed by atoms with Crippen LogP contribution in [0.1, 0.15) is 47.9 Å². The van der Waals surface area contributed by atoms with Gasteiger partial charge < -0.3 is 9.80 Å². The number of aryl methyl sites for hydroxylation is 1. The Morgan fingerprint density at radius 3 is 2.48 bits per heavy atom. The van der Waals surface area contributed by atoms with Crippen molar-refractivity contribution in [2.24, 2.45) is 0 Å². The molecule has 2 fully saturated rings. The van der Waals surface area contributed by atoms with Gasteiger partial charge in [-0.3, -0.25) is 14.7 Å². The average Bonchev–Trinajstić information content (AvgIpc) is 3.47. The zero-order valence-corrected chi connectivity index (χ0v) is 19.0. The van der Waals surface area contributed by atoms with E-state index in [2.05, 4.69) is 53.5 Å². The maximum atomic E-state index is 13.0. The van der Waals surface area contributed by atoms with Crippen molar-refractivity contribution < 1.29 is 9.59 Å². The van der Waals surface area contributed by atoms with Crippen LogP contribution in [0.4, 0.5) is 0 Å². The Hall–Kier alpha value is -3.41. The monoisotopic (exact) mass is 442 g/mol. The molecular formula is C27H30N4O2. The Bertz CT molecular complexity index is 1130.